The zero-order valence-corrected chi connectivity index (χ0v) is 12.2. The average molecular weight is 285 g/mol. The number of aryl methyl sites for hydroxylation is 2. The van der Waals surface area contributed by atoms with Gasteiger partial charge in [-0.15, -0.1) is 0 Å². The maximum absolute atomic E-state index is 13.9. The molecule has 0 aromatic heterocycles. The predicted octanol–water partition coefficient (Wildman–Crippen LogP) is 4.52. The Morgan fingerprint density at radius 3 is 2.62 bits per heavy atom. The van der Waals surface area contributed by atoms with Gasteiger partial charge in [-0.25, -0.2) is 4.39 Å². The van der Waals surface area contributed by atoms with Gasteiger partial charge >= 0.3 is 0 Å². The van der Waals surface area contributed by atoms with Crippen LogP contribution in [0, 0.1) is 5.82 Å². The van der Waals surface area contributed by atoms with Gasteiger partial charge in [0.1, 0.15) is 17.3 Å². The van der Waals surface area contributed by atoms with Gasteiger partial charge in [0.15, 0.2) is 0 Å². The van der Waals surface area contributed by atoms with Crippen LogP contribution >= 0.6 is 0 Å². The van der Waals surface area contributed by atoms with E-state index < -0.39 is 6.04 Å². The third kappa shape index (κ3) is 2.93. The normalized spacial score (nSPS) is 15.4. The van der Waals surface area contributed by atoms with E-state index in [2.05, 4.69) is 12.1 Å². The fourth-order valence-electron chi connectivity index (χ4n) is 2.95. The van der Waals surface area contributed by atoms with Gasteiger partial charge in [-0.1, -0.05) is 12.1 Å². The van der Waals surface area contributed by atoms with Gasteiger partial charge in [0.05, 0.1) is 0 Å². The smallest absolute Gasteiger partial charge is 0.135 e. The molecule has 1 aliphatic carbocycles. The van der Waals surface area contributed by atoms with Gasteiger partial charge in [-0.2, -0.15) is 0 Å². The fraction of sp³-hybridized carbons (Fsp3) is 0.333. The molecule has 0 saturated heterocycles. The molecule has 21 heavy (non-hydrogen) atoms. The lowest BCUT2D eigenvalue weighted by atomic mass is 9.92. The van der Waals surface area contributed by atoms with E-state index in [0.717, 1.165) is 18.6 Å². The maximum atomic E-state index is 13.9. The highest BCUT2D eigenvalue weighted by molar-refractivity contribution is 5.43. The Hall–Kier alpha value is -1.87. The highest BCUT2D eigenvalue weighted by Crippen LogP contribution is 2.33. The zero-order valence-electron chi connectivity index (χ0n) is 12.2. The molecule has 1 aliphatic rings. The van der Waals surface area contributed by atoms with Crippen molar-refractivity contribution in [1.82, 2.24) is 0 Å². The molecule has 0 heterocycles. The van der Waals surface area contributed by atoms with E-state index in [4.69, 9.17) is 10.5 Å². The van der Waals surface area contributed by atoms with E-state index in [9.17, 15) is 4.39 Å². The molecule has 0 unspecified atom stereocenters. The van der Waals surface area contributed by atoms with Crippen molar-refractivity contribution in [3.8, 4) is 11.5 Å². The molecule has 2 aromatic rings. The summed E-state index contributed by atoms with van der Waals surface area (Å²) in [6.07, 6.45) is 4.71. The molecule has 3 rings (SSSR count). The molecule has 0 spiro atoms. The van der Waals surface area contributed by atoms with Gasteiger partial charge in [0.2, 0.25) is 0 Å². The summed E-state index contributed by atoms with van der Waals surface area (Å²) >= 11 is 0. The second-order valence-electron chi connectivity index (χ2n) is 5.68. The van der Waals surface area contributed by atoms with Crippen molar-refractivity contribution in [2.75, 3.05) is 0 Å². The van der Waals surface area contributed by atoms with E-state index >= 15 is 0 Å². The molecule has 0 bridgehead atoms. The molecule has 2 N–H and O–H groups in total. The SMILES string of the molecule is C[C@@H](N)c1c(F)cccc1Oc1ccc2c(c1)CCCC2. The van der Waals surface area contributed by atoms with E-state index in [0.29, 0.717) is 11.3 Å². The van der Waals surface area contributed by atoms with Crippen LogP contribution in [0.1, 0.15) is 42.5 Å². The molecule has 3 heteroatoms. The van der Waals surface area contributed by atoms with E-state index in [1.165, 1.54) is 30.0 Å². The van der Waals surface area contributed by atoms with Crippen LogP contribution < -0.4 is 10.5 Å². The quantitative estimate of drug-likeness (QED) is 0.900. The van der Waals surface area contributed by atoms with Crippen molar-refractivity contribution in [2.24, 2.45) is 5.73 Å². The molecule has 2 nitrogen and oxygen atoms in total. The van der Waals surface area contributed by atoms with Crippen LogP contribution in [-0.2, 0) is 12.8 Å². The second-order valence-corrected chi connectivity index (χ2v) is 5.68. The number of halogens is 1. The summed E-state index contributed by atoms with van der Waals surface area (Å²) in [6.45, 7) is 1.76. The third-order valence-corrected chi connectivity index (χ3v) is 4.02. The Labute approximate surface area is 124 Å². The minimum Gasteiger partial charge on any atom is -0.457 e. The fourth-order valence-corrected chi connectivity index (χ4v) is 2.95. The molecule has 0 aliphatic heterocycles. The molecular weight excluding hydrogens is 265 g/mol. The minimum atomic E-state index is -0.404. The number of fused-ring (bicyclic) bond motifs is 1. The monoisotopic (exact) mass is 285 g/mol. The first-order valence-electron chi connectivity index (χ1n) is 7.49. The van der Waals surface area contributed by atoms with Crippen molar-refractivity contribution < 1.29 is 9.13 Å². The van der Waals surface area contributed by atoms with Crippen LogP contribution in [0.3, 0.4) is 0 Å². The second kappa shape index (κ2) is 5.86. The zero-order chi connectivity index (χ0) is 14.8. The Morgan fingerprint density at radius 2 is 1.86 bits per heavy atom. The Balaban J connectivity index is 1.92. The number of rotatable bonds is 3. The van der Waals surface area contributed by atoms with Crippen LogP contribution in [-0.4, -0.2) is 0 Å². The van der Waals surface area contributed by atoms with Crippen molar-refractivity contribution in [2.45, 2.75) is 38.6 Å². The molecule has 110 valence electrons. The van der Waals surface area contributed by atoms with E-state index in [1.807, 2.05) is 6.07 Å². The average Bonchev–Trinajstić information content (AvgIpc) is 2.47. The maximum Gasteiger partial charge on any atom is 0.135 e. The predicted molar refractivity (Wildman–Crippen MR) is 82.2 cm³/mol. The number of hydrogen-bond donors (Lipinski definition) is 1. The molecule has 0 saturated carbocycles. The summed E-state index contributed by atoms with van der Waals surface area (Å²) in [7, 11) is 0. The lowest BCUT2D eigenvalue weighted by Crippen LogP contribution is -2.09. The van der Waals surface area contributed by atoms with Gasteiger partial charge < -0.3 is 10.5 Å². The van der Waals surface area contributed by atoms with Crippen molar-refractivity contribution in [3.63, 3.8) is 0 Å². The summed E-state index contributed by atoms with van der Waals surface area (Å²) in [4.78, 5) is 0. The molecular formula is C18H20FNO. The molecule has 0 fully saturated rings. The van der Waals surface area contributed by atoms with Gasteiger partial charge in [-0.3, -0.25) is 0 Å². The first-order chi connectivity index (χ1) is 10.1. The van der Waals surface area contributed by atoms with Crippen LogP contribution in [0.4, 0.5) is 4.39 Å². The highest BCUT2D eigenvalue weighted by atomic mass is 19.1. The van der Waals surface area contributed by atoms with Gasteiger partial charge in [0.25, 0.3) is 0 Å². The Morgan fingerprint density at radius 1 is 1.10 bits per heavy atom. The molecule has 1 atom stereocenters. The first kappa shape index (κ1) is 14.1. The largest absolute Gasteiger partial charge is 0.457 e. The lowest BCUT2D eigenvalue weighted by Gasteiger charge is -2.18. The van der Waals surface area contributed by atoms with E-state index in [1.54, 1.807) is 19.1 Å². The third-order valence-electron chi connectivity index (χ3n) is 4.02. The van der Waals surface area contributed by atoms with Crippen molar-refractivity contribution in [1.29, 1.82) is 0 Å². The van der Waals surface area contributed by atoms with Crippen molar-refractivity contribution >= 4 is 0 Å². The van der Waals surface area contributed by atoms with E-state index in [-0.39, 0.29) is 5.82 Å². The van der Waals surface area contributed by atoms with Crippen LogP contribution in [0.25, 0.3) is 0 Å². The minimum absolute atomic E-state index is 0.319. The standard InChI is InChI=1S/C18H20FNO/c1-12(20)18-16(19)7-4-8-17(18)21-15-10-9-13-5-2-3-6-14(13)11-15/h4,7-12H,2-3,5-6,20H2,1H3/t12-/m1/s1. The lowest BCUT2D eigenvalue weighted by molar-refractivity contribution is 0.459. The number of hydrogen-bond acceptors (Lipinski definition) is 2. The van der Waals surface area contributed by atoms with Gasteiger partial charge in [-0.05, 0) is 68.0 Å². The van der Waals surface area contributed by atoms with Crippen LogP contribution in [0.5, 0.6) is 11.5 Å². The molecule has 0 amide bonds. The van der Waals surface area contributed by atoms with Crippen molar-refractivity contribution in [3.05, 3.63) is 58.9 Å². The topological polar surface area (TPSA) is 35.2 Å². The Bertz CT molecular complexity index is 652. The highest BCUT2D eigenvalue weighted by Gasteiger charge is 2.15. The summed E-state index contributed by atoms with van der Waals surface area (Å²) in [6, 6.07) is 10.6. The Kier molecular flexibility index (Phi) is 3.93. The first-order valence-corrected chi connectivity index (χ1v) is 7.49. The number of ether oxygens (including phenoxy) is 1. The van der Waals surface area contributed by atoms with Gasteiger partial charge in [0, 0.05) is 11.6 Å². The summed E-state index contributed by atoms with van der Waals surface area (Å²) < 4.78 is 19.8. The van der Waals surface area contributed by atoms with Crippen LogP contribution in [0.15, 0.2) is 36.4 Å². The summed E-state index contributed by atoms with van der Waals surface area (Å²) in [5, 5.41) is 0. The molecule has 2 aromatic carbocycles. The number of benzene rings is 2. The molecule has 0 radical (unpaired) electrons. The van der Waals surface area contributed by atoms with Crippen LogP contribution in [0.2, 0.25) is 0 Å². The summed E-state index contributed by atoms with van der Waals surface area (Å²) in [5.41, 5.74) is 9.03. The summed E-state index contributed by atoms with van der Waals surface area (Å²) in [5.74, 6) is 0.935. The number of nitrogens with two attached hydrogens (primary N) is 1.